The van der Waals surface area contributed by atoms with E-state index in [1.165, 1.54) is 24.0 Å². The average Bonchev–Trinajstić information content (AvgIpc) is 2.87. The van der Waals surface area contributed by atoms with Crippen molar-refractivity contribution in [2.24, 2.45) is 5.73 Å². The van der Waals surface area contributed by atoms with Gasteiger partial charge < -0.3 is 40.8 Å². The van der Waals surface area contributed by atoms with Crippen molar-refractivity contribution in [2.45, 2.75) is 38.4 Å². The number of hydrogen-bond acceptors (Lipinski definition) is 9. The van der Waals surface area contributed by atoms with E-state index in [-0.39, 0.29) is 37.4 Å². The molecule has 1 aromatic carbocycles. The zero-order valence-corrected chi connectivity index (χ0v) is 20.7. The van der Waals surface area contributed by atoms with E-state index < -0.39 is 67.4 Å². The number of likely N-dealkylation sites (N-methyl/N-ethyl adjacent to an activating group) is 1. The van der Waals surface area contributed by atoms with Gasteiger partial charge in [-0.05, 0) is 31.9 Å². The Morgan fingerprint density at radius 3 is 2.58 bits per heavy atom. The minimum absolute atomic E-state index is 0.00742. The Kier molecular flexibility index (Phi) is 8.90. The number of carboxylic acid groups (broad SMARTS) is 1. The number of nitrogens with zero attached hydrogens (tertiary/aromatic N) is 2. The van der Waals surface area contributed by atoms with Crippen molar-refractivity contribution in [3.63, 3.8) is 0 Å². The normalized spacial score (nSPS) is 18.7. The highest BCUT2D eigenvalue weighted by Gasteiger charge is 2.41. The summed E-state index contributed by atoms with van der Waals surface area (Å²) in [4.78, 5) is 75.3. The number of fused-ring (bicyclic) bond motifs is 1. The van der Waals surface area contributed by atoms with E-state index >= 15 is 0 Å². The Hall–Kier alpha value is -4.18. The maximum absolute atomic E-state index is 13.2. The topological polar surface area (TPSA) is 218 Å². The van der Waals surface area contributed by atoms with Crippen molar-refractivity contribution in [2.75, 3.05) is 26.2 Å². The molecule has 0 aromatic heterocycles. The Labute approximate surface area is 217 Å². The fraction of sp³-hybridized carbons (Fsp3) is 0.455. The minimum Gasteiger partial charge on any atom is -0.534 e. The number of nitrogens with one attached hydrogen (secondary N) is 2. The van der Waals surface area contributed by atoms with Crippen molar-refractivity contribution in [1.82, 2.24) is 20.4 Å². The largest absolute Gasteiger partial charge is 0.547 e. The van der Waals surface area contributed by atoms with E-state index in [0.29, 0.717) is 10.5 Å². The number of para-hydroxylation sites is 1. The van der Waals surface area contributed by atoms with E-state index in [1.54, 1.807) is 13.0 Å². The van der Waals surface area contributed by atoms with Crippen LogP contribution in [-0.2, 0) is 30.3 Å². The quantitative estimate of drug-likeness (QED) is 0.166. The zero-order valence-electron chi connectivity index (χ0n) is 20.7. The van der Waals surface area contributed by atoms with Crippen molar-refractivity contribution < 1.29 is 48.3 Å². The van der Waals surface area contributed by atoms with Crippen LogP contribution in [0.5, 0.6) is 5.75 Å². The number of piperazine rings is 1. The van der Waals surface area contributed by atoms with E-state index in [0.717, 1.165) is 0 Å². The van der Waals surface area contributed by atoms with Crippen LogP contribution in [-0.4, -0.2) is 107 Å². The Bertz CT molecular complexity index is 1150. The van der Waals surface area contributed by atoms with Crippen LogP contribution < -0.4 is 21.0 Å². The number of ether oxygens (including phenoxy) is 1. The van der Waals surface area contributed by atoms with Gasteiger partial charge in [-0.15, -0.1) is 0 Å². The summed E-state index contributed by atoms with van der Waals surface area (Å²) in [6.07, 6.45) is -1.14. The van der Waals surface area contributed by atoms with Crippen LogP contribution in [0.2, 0.25) is 0 Å². The molecule has 0 unspecified atom stereocenters. The number of carbonyl (C=O) groups is 6. The van der Waals surface area contributed by atoms with Crippen LogP contribution in [0.25, 0.3) is 0 Å². The average molecular weight is 533 g/mol. The molecule has 2 aliphatic heterocycles. The monoisotopic (exact) mass is 533 g/mol. The summed E-state index contributed by atoms with van der Waals surface area (Å²) in [5, 5.41) is 24.7. The van der Waals surface area contributed by atoms with E-state index in [2.05, 4.69) is 10.6 Å². The van der Waals surface area contributed by atoms with Crippen LogP contribution in [0.3, 0.4) is 0 Å². The molecule has 3 rings (SSSR count). The molecule has 3 atom stereocenters. The fourth-order valence-corrected chi connectivity index (χ4v) is 4.08. The number of benzene rings is 1. The second-order valence-electron chi connectivity index (χ2n) is 8.68. The molecule has 0 bridgehead atoms. The number of carboxylic acids is 1. The van der Waals surface area contributed by atoms with Gasteiger partial charge in [0.05, 0.1) is 17.6 Å². The number of rotatable bonds is 9. The summed E-state index contributed by atoms with van der Waals surface area (Å²) in [7, 11) is -1.63. The molecule has 1 fully saturated rings. The first-order chi connectivity index (χ1) is 17.9. The number of carbonyl (C=O) groups excluding carboxylic acids is 5. The third-order valence-corrected chi connectivity index (χ3v) is 6.13. The molecule has 6 amide bonds. The van der Waals surface area contributed by atoms with Gasteiger partial charge in [-0.3, -0.25) is 24.1 Å². The van der Waals surface area contributed by atoms with Gasteiger partial charge in [-0.2, -0.15) is 0 Å². The molecule has 1 aromatic rings. The van der Waals surface area contributed by atoms with Gasteiger partial charge in [0, 0.05) is 19.6 Å². The predicted molar refractivity (Wildman–Crippen MR) is 129 cm³/mol. The molecule has 0 saturated carbocycles. The van der Waals surface area contributed by atoms with Crippen molar-refractivity contribution in [3.05, 3.63) is 29.3 Å². The van der Waals surface area contributed by atoms with Gasteiger partial charge in [0.1, 0.15) is 18.4 Å². The summed E-state index contributed by atoms with van der Waals surface area (Å²) in [6.45, 7) is 2.77. The SMILES string of the molecule is CCN1CCN(C(=O)N[C@@H](C(=O)N[C@H]2Cc3cccc(C(=O)O)c3OB2O)[C@@H](C)OCC(N)=O)C(=O)C1=O. The second kappa shape index (κ2) is 11.9. The molecule has 1 saturated heterocycles. The summed E-state index contributed by atoms with van der Waals surface area (Å²) >= 11 is 0. The van der Waals surface area contributed by atoms with Crippen molar-refractivity contribution in [1.29, 1.82) is 0 Å². The minimum atomic E-state index is -1.63. The molecule has 0 radical (unpaired) electrons. The molecule has 38 heavy (non-hydrogen) atoms. The first kappa shape index (κ1) is 28.4. The molecule has 15 nitrogen and oxygen atoms in total. The summed E-state index contributed by atoms with van der Waals surface area (Å²) in [6, 6.07) is 1.84. The highest BCUT2D eigenvalue weighted by atomic mass is 16.5. The molecule has 0 aliphatic carbocycles. The van der Waals surface area contributed by atoms with Gasteiger partial charge in [-0.25, -0.2) is 9.59 Å². The first-order valence-corrected chi connectivity index (χ1v) is 11.8. The van der Waals surface area contributed by atoms with Crippen LogP contribution >= 0.6 is 0 Å². The molecule has 204 valence electrons. The van der Waals surface area contributed by atoms with Crippen LogP contribution in [0.15, 0.2) is 18.2 Å². The highest BCUT2D eigenvalue weighted by molar-refractivity contribution is 6.47. The number of aromatic carboxylic acids is 1. The van der Waals surface area contributed by atoms with Crippen LogP contribution in [0, 0.1) is 0 Å². The van der Waals surface area contributed by atoms with Gasteiger partial charge >= 0.3 is 30.9 Å². The lowest BCUT2D eigenvalue weighted by atomic mass is 9.72. The Balaban J connectivity index is 1.77. The zero-order chi connectivity index (χ0) is 28.1. The van der Waals surface area contributed by atoms with Gasteiger partial charge in [0.2, 0.25) is 11.8 Å². The molecule has 6 N–H and O–H groups in total. The van der Waals surface area contributed by atoms with Crippen LogP contribution in [0.1, 0.15) is 29.8 Å². The molecule has 2 aliphatic rings. The van der Waals surface area contributed by atoms with E-state index in [1.807, 2.05) is 0 Å². The summed E-state index contributed by atoms with van der Waals surface area (Å²) < 4.78 is 10.6. The predicted octanol–water partition coefficient (Wildman–Crippen LogP) is -2.52. The fourth-order valence-electron chi connectivity index (χ4n) is 4.08. The number of primary amides is 1. The molecular weight excluding hydrogens is 505 g/mol. The lowest BCUT2D eigenvalue weighted by Crippen LogP contribution is -2.64. The second-order valence-corrected chi connectivity index (χ2v) is 8.68. The maximum atomic E-state index is 13.2. The third-order valence-electron chi connectivity index (χ3n) is 6.13. The lowest BCUT2D eigenvalue weighted by molar-refractivity contribution is -0.153. The van der Waals surface area contributed by atoms with Gasteiger partial charge in [0.25, 0.3) is 0 Å². The highest BCUT2D eigenvalue weighted by Crippen LogP contribution is 2.30. The summed E-state index contributed by atoms with van der Waals surface area (Å²) in [5.74, 6) is -5.98. The third kappa shape index (κ3) is 6.20. The Morgan fingerprint density at radius 1 is 1.24 bits per heavy atom. The number of urea groups is 1. The molecular formula is C22H28BN5O10. The van der Waals surface area contributed by atoms with Gasteiger partial charge in [-0.1, -0.05) is 12.1 Å². The number of nitrogens with two attached hydrogens (primary N) is 1. The number of imide groups is 1. The standard InChI is InChI=1S/C22H28BN5O10/c1-3-27-7-8-28(20(32)19(27)31)22(35)26-16(11(2)37-10-15(24)29)18(30)25-14-9-12-5-4-6-13(21(33)34)17(12)38-23(14)36/h4-6,11,14,16,36H,3,7-10H2,1-2H3,(H2,24,29)(H,25,30)(H,26,35)(H,33,34)/t11-,14+,16-/m1/s1. The first-order valence-electron chi connectivity index (χ1n) is 11.8. The molecule has 2 heterocycles. The Morgan fingerprint density at radius 2 is 1.95 bits per heavy atom. The smallest absolute Gasteiger partial charge is 0.534 e. The van der Waals surface area contributed by atoms with Crippen LogP contribution in [0.4, 0.5) is 4.79 Å². The van der Waals surface area contributed by atoms with Gasteiger partial charge in [0.15, 0.2) is 0 Å². The number of amides is 6. The molecule has 0 spiro atoms. The number of hydrogen-bond donors (Lipinski definition) is 5. The summed E-state index contributed by atoms with van der Waals surface area (Å²) in [5.41, 5.74) is 5.36. The molecule has 16 heteroatoms. The van der Waals surface area contributed by atoms with E-state index in [4.69, 9.17) is 15.1 Å². The van der Waals surface area contributed by atoms with Crippen molar-refractivity contribution in [3.8, 4) is 5.75 Å². The van der Waals surface area contributed by atoms with Crippen molar-refractivity contribution >= 4 is 42.7 Å². The lowest BCUT2D eigenvalue weighted by Gasteiger charge is -2.34. The maximum Gasteiger partial charge on any atom is 0.547 e. The van der Waals surface area contributed by atoms with E-state index in [9.17, 15) is 38.9 Å².